The number of likely N-dealkylation sites (N-methyl/N-ethyl adjacent to an activating group) is 4. The standard InChI is InChI=1S/C54H96N8O14/c1-21-32(13)40(55-17)47(66)59-42-35(16)74-52(71)38(24-28(5)6)61(19)49(68)34(15)56-48(67)43(30(9)10)62(20)50(69)36(26-63)57-45(64)37(23-27(3)4)60(18)51(70)41(33(14)22-2)58-46(65)39(25-29(7)8)75-54(73)44(31(11)12)76-53(42)72/h27-44,55,63H,21-26H2,1-20H3,(H,56,67)(H,57,64)(H,58,65)(H,59,66)/t32-,33-,34-,35+,36-,37-,38-,39-,40-,41-,42-,43-,44-/m0/s1. The molecule has 1 fully saturated rings. The van der Waals surface area contributed by atoms with Gasteiger partial charge in [-0.3, -0.25) is 33.6 Å². The largest absolute Gasteiger partial charge is 0.458 e. The molecule has 22 nitrogen and oxygen atoms in total. The Morgan fingerprint density at radius 2 is 1.14 bits per heavy atom. The fourth-order valence-corrected chi connectivity index (χ4v) is 8.98. The maximum Gasteiger partial charge on any atom is 0.348 e. The van der Waals surface area contributed by atoms with Crippen molar-refractivity contribution in [2.45, 2.75) is 210 Å². The minimum atomic E-state index is -1.73. The number of aliphatic hydroxyl groups is 1. The number of hydrogen-bond acceptors (Lipinski definition) is 15. The van der Waals surface area contributed by atoms with Gasteiger partial charge in [0.2, 0.25) is 41.5 Å². The number of carbonyl (C=O) groups is 10. The number of esters is 3. The molecule has 436 valence electrons. The van der Waals surface area contributed by atoms with E-state index in [9.17, 15) is 53.1 Å². The van der Waals surface area contributed by atoms with E-state index >= 15 is 0 Å². The van der Waals surface area contributed by atoms with E-state index in [1.807, 2.05) is 27.7 Å². The van der Waals surface area contributed by atoms with E-state index in [-0.39, 0.29) is 42.9 Å². The zero-order valence-corrected chi connectivity index (χ0v) is 49.2. The predicted octanol–water partition coefficient (Wildman–Crippen LogP) is 2.32. The molecule has 0 aliphatic carbocycles. The molecule has 1 saturated heterocycles. The highest BCUT2D eigenvalue weighted by Gasteiger charge is 2.44. The quantitative estimate of drug-likeness (QED) is 0.0956. The number of nitrogens with zero attached hydrogens (tertiary/aromatic N) is 3. The van der Waals surface area contributed by atoms with Gasteiger partial charge in [-0.1, -0.05) is 110 Å². The van der Waals surface area contributed by atoms with Crippen molar-refractivity contribution in [2.24, 2.45) is 41.4 Å². The van der Waals surface area contributed by atoms with Crippen LogP contribution in [-0.4, -0.2) is 181 Å². The molecule has 13 atom stereocenters. The smallest absolute Gasteiger partial charge is 0.348 e. The Hall–Kier alpha value is -5.38. The molecule has 0 aromatic carbocycles. The minimum absolute atomic E-state index is 0.0315. The van der Waals surface area contributed by atoms with Crippen LogP contribution in [0.5, 0.6) is 0 Å². The van der Waals surface area contributed by atoms with Crippen molar-refractivity contribution in [3.05, 3.63) is 0 Å². The molecule has 0 aromatic heterocycles. The van der Waals surface area contributed by atoms with Gasteiger partial charge in [-0.25, -0.2) is 14.4 Å². The fraction of sp³-hybridized carbons (Fsp3) is 0.815. The fourth-order valence-electron chi connectivity index (χ4n) is 8.98. The first-order chi connectivity index (χ1) is 35.2. The molecule has 1 aliphatic rings. The zero-order chi connectivity index (χ0) is 58.8. The van der Waals surface area contributed by atoms with Crippen LogP contribution in [0.15, 0.2) is 0 Å². The molecule has 76 heavy (non-hydrogen) atoms. The summed E-state index contributed by atoms with van der Waals surface area (Å²) in [4.78, 5) is 146. The van der Waals surface area contributed by atoms with Crippen LogP contribution in [0.1, 0.15) is 143 Å². The summed E-state index contributed by atoms with van der Waals surface area (Å²) >= 11 is 0. The average Bonchev–Trinajstić information content (AvgIpc) is 3.33. The van der Waals surface area contributed by atoms with Crippen LogP contribution in [0.4, 0.5) is 0 Å². The highest BCUT2D eigenvalue weighted by molar-refractivity contribution is 5.97. The maximum atomic E-state index is 14.6. The van der Waals surface area contributed by atoms with Crippen molar-refractivity contribution in [3.63, 3.8) is 0 Å². The second-order valence-electron chi connectivity index (χ2n) is 22.6. The van der Waals surface area contributed by atoms with Gasteiger partial charge in [-0.05, 0) is 75.7 Å². The Kier molecular flexibility index (Phi) is 28.7. The van der Waals surface area contributed by atoms with Crippen LogP contribution in [0.25, 0.3) is 0 Å². The molecule has 0 aromatic rings. The Bertz CT molecular complexity index is 1980. The third-order valence-corrected chi connectivity index (χ3v) is 14.0. The van der Waals surface area contributed by atoms with Gasteiger partial charge in [-0.15, -0.1) is 0 Å². The van der Waals surface area contributed by atoms with Gasteiger partial charge in [-0.2, -0.15) is 0 Å². The van der Waals surface area contributed by atoms with Gasteiger partial charge in [0, 0.05) is 27.1 Å². The monoisotopic (exact) mass is 1080 g/mol. The van der Waals surface area contributed by atoms with Gasteiger partial charge in [0.25, 0.3) is 5.91 Å². The molecule has 0 radical (unpaired) electrons. The lowest BCUT2D eigenvalue weighted by Crippen LogP contribution is -2.62. The van der Waals surface area contributed by atoms with Crippen molar-refractivity contribution < 1.29 is 67.3 Å². The Morgan fingerprint density at radius 3 is 1.62 bits per heavy atom. The summed E-state index contributed by atoms with van der Waals surface area (Å²) in [6.07, 6.45) is -3.62. The van der Waals surface area contributed by atoms with E-state index in [4.69, 9.17) is 14.2 Å². The molecular formula is C54H96N8O14. The molecule has 0 bridgehead atoms. The number of ether oxygens (including phenoxy) is 3. The van der Waals surface area contributed by atoms with Crippen molar-refractivity contribution in [2.75, 3.05) is 34.8 Å². The van der Waals surface area contributed by atoms with E-state index in [2.05, 4.69) is 26.6 Å². The first kappa shape index (κ1) is 68.6. The molecule has 0 unspecified atom stereocenters. The number of nitrogens with one attached hydrogen (secondary N) is 5. The van der Waals surface area contributed by atoms with Crippen molar-refractivity contribution >= 4 is 59.3 Å². The Morgan fingerprint density at radius 1 is 0.605 bits per heavy atom. The Labute approximate surface area is 452 Å². The van der Waals surface area contributed by atoms with Gasteiger partial charge >= 0.3 is 17.9 Å². The lowest BCUT2D eigenvalue weighted by molar-refractivity contribution is -0.181. The first-order valence-electron chi connectivity index (χ1n) is 27.1. The van der Waals surface area contributed by atoms with Crippen LogP contribution in [0, 0.1) is 41.4 Å². The molecular weight excluding hydrogens is 985 g/mol. The second-order valence-corrected chi connectivity index (χ2v) is 22.6. The summed E-state index contributed by atoms with van der Waals surface area (Å²) in [5.74, 6) is -11.3. The lowest BCUT2D eigenvalue weighted by Gasteiger charge is -2.36. The molecule has 1 aliphatic heterocycles. The molecule has 1 heterocycles. The molecule has 0 spiro atoms. The first-order valence-corrected chi connectivity index (χ1v) is 27.1. The van der Waals surface area contributed by atoms with Crippen LogP contribution in [-0.2, 0) is 62.2 Å². The number of amides is 7. The Balaban J connectivity index is 4.26. The molecule has 0 saturated carbocycles. The highest BCUT2D eigenvalue weighted by Crippen LogP contribution is 2.23. The number of rotatable bonds is 16. The molecule has 1 rings (SSSR count). The summed E-state index contributed by atoms with van der Waals surface area (Å²) in [7, 11) is 5.62. The number of cyclic esters (lactones) is 3. The van der Waals surface area contributed by atoms with Crippen LogP contribution >= 0.6 is 0 Å². The van der Waals surface area contributed by atoms with E-state index in [1.54, 1.807) is 76.3 Å². The van der Waals surface area contributed by atoms with Gasteiger partial charge in [0.05, 0.1) is 12.6 Å². The maximum absolute atomic E-state index is 14.6. The van der Waals surface area contributed by atoms with Crippen LogP contribution in [0.3, 0.4) is 0 Å². The molecule has 7 amide bonds. The van der Waals surface area contributed by atoms with Gasteiger partial charge < -0.3 is 60.6 Å². The summed E-state index contributed by atoms with van der Waals surface area (Å²) in [6.45, 7) is 26.4. The highest BCUT2D eigenvalue weighted by atomic mass is 16.6. The summed E-state index contributed by atoms with van der Waals surface area (Å²) in [5, 5.41) is 24.2. The van der Waals surface area contributed by atoms with Crippen molar-refractivity contribution in [1.82, 2.24) is 41.3 Å². The summed E-state index contributed by atoms with van der Waals surface area (Å²) in [6, 6.07) is -10.5. The summed E-state index contributed by atoms with van der Waals surface area (Å²) < 4.78 is 17.7. The van der Waals surface area contributed by atoms with E-state index in [0.717, 1.165) is 9.80 Å². The molecule has 6 N–H and O–H groups in total. The molecule has 22 heteroatoms. The average molecular weight is 1080 g/mol. The second kappa shape index (κ2) is 31.7. The van der Waals surface area contributed by atoms with Gasteiger partial charge in [0.1, 0.15) is 42.4 Å². The SMILES string of the molecule is CC[C@H](C)[C@H](NC)C(=O)N[C@@H]1C(=O)O[C@@H](C(C)C)C(=O)O[C@@H](CC(C)C)C(=O)N[C@@H]([C@@H](C)CC)C(=O)N(C)[C@@H](CC(C)C)C(=O)N[C@@H](CO)C(=O)N(C)[C@@H](C(C)C)C(=O)N[C@@H](C)C(=O)N(C)[C@@H](CC(C)C)C(=O)O[C@@H]1C. The number of aliphatic hydroxyl groups excluding tert-OH is 1. The lowest BCUT2D eigenvalue weighted by atomic mass is 9.95. The zero-order valence-electron chi connectivity index (χ0n) is 49.2. The third kappa shape index (κ3) is 19.6. The van der Waals surface area contributed by atoms with Gasteiger partial charge in [0.15, 0.2) is 12.1 Å². The normalized spacial score (nSPS) is 27.6. The predicted molar refractivity (Wildman–Crippen MR) is 285 cm³/mol. The van der Waals surface area contributed by atoms with Crippen molar-refractivity contribution in [1.29, 1.82) is 0 Å². The van der Waals surface area contributed by atoms with E-state index in [0.29, 0.717) is 12.8 Å². The topological polar surface area (TPSA) is 288 Å². The number of hydrogen-bond donors (Lipinski definition) is 6. The summed E-state index contributed by atoms with van der Waals surface area (Å²) in [5.41, 5.74) is 0. The van der Waals surface area contributed by atoms with Crippen LogP contribution < -0.4 is 26.6 Å². The van der Waals surface area contributed by atoms with Crippen molar-refractivity contribution in [3.8, 4) is 0 Å². The third-order valence-electron chi connectivity index (χ3n) is 14.0. The number of carbonyl (C=O) groups excluding carboxylic acids is 10. The minimum Gasteiger partial charge on any atom is -0.458 e. The van der Waals surface area contributed by atoms with Crippen LogP contribution in [0.2, 0.25) is 0 Å². The van der Waals surface area contributed by atoms with E-state index in [1.165, 1.54) is 39.9 Å². The van der Waals surface area contributed by atoms with E-state index < -0.39 is 150 Å².